The minimum Gasteiger partial charge on any atom is -0.478 e. The minimum atomic E-state index is -1.29. The Morgan fingerprint density at radius 3 is 2.48 bits per heavy atom. The van der Waals surface area contributed by atoms with Gasteiger partial charge in [-0.2, -0.15) is 0 Å². The van der Waals surface area contributed by atoms with Gasteiger partial charge in [-0.05, 0) is 25.0 Å². The SMILES string of the molecule is Nc1c(F)ccc(NCC2(O)CCCCCC2)c1C(=O)O. The second kappa shape index (κ2) is 6.30. The van der Waals surface area contributed by atoms with Crippen LogP contribution in [0.5, 0.6) is 0 Å². The molecule has 0 aliphatic heterocycles. The van der Waals surface area contributed by atoms with Gasteiger partial charge in [-0.3, -0.25) is 0 Å². The van der Waals surface area contributed by atoms with Crippen molar-refractivity contribution in [3.8, 4) is 0 Å². The molecule has 0 amide bonds. The van der Waals surface area contributed by atoms with Crippen LogP contribution in [0.15, 0.2) is 12.1 Å². The molecule has 0 unspecified atom stereocenters. The molecule has 1 aliphatic rings. The predicted octanol–water partition coefficient (Wildman–Crippen LogP) is 2.60. The van der Waals surface area contributed by atoms with Crippen LogP contribution in [0, 0.1) is 5.82 Å². The van der Waals surface area contributed by atoms with Crippen LogP contribution >= 0.6 is 0 Å². The number of benzene rings is 1. The van der Waals surface area contributed by atoms with Crippen LogP contribution in [0.4, 0.5) is 15.8 Å². The smallest absolute Gasteiger partial charge is 0.340 e. The van der Waals surface area contributed by atoms with Crippen molar-refractivity contribution in [2.45, 2.75) is 44.1 Å². The lowest BCUT2D eigenvalue weighted by Gasteiger charge is -2.27. The summed E-state index contributed by atoms with van der Waals surface area (Å²) >= 11 is 0. The summed E-state index contributed by atoms with van der Waals surface area (Å²) in [5.41, 5.74) is 4.20. The van der Waals surface area contributed by atoms with Crippen molar-refractivity contribution < 1.29 is 19.4 Å². The fourth-order valence-electron chi connectivity index (χ4n) is 2.80. The molecule has 0 atom stereocenters. The number of aliphatic hydroxyl groups is 1. The van der Waals surface area contributed by atoms with Crippen molar-refractivity contribution in [3.63, 3.8) is 0 Å². The van der Waals surface area contributed by atoms with E-state index in [4.69, 9.17) is 10.8 Å². The highest BCUT2D eigenvalue weighted by atomic mass is 19.1. The molecular weight excluding hydrogens is 275 g/mol. The molecule has 0 saturated heterocycles. The van der Waals surface area contributed by atoms with Crippen LogP contribution < -0.4 is 11.1 Å². The Morgan fingerprint density at radius 1 is 1.29 bits per heavy atom. The number of hydrogen-bond acceptors (Lipinski definition) is 4. The molecule has 5 nitrogen and oxygen atoms in total. The molecule has 6 heteroatoms. The number of halogens is 1. The summed E-state index contributed by atoms with van der Waals surface area (Å²) in [6, 6.07) is 2.47. The largest absolute Gasteiger partial charge is 0.478 e. The van der Waals surface area contributed by atoms with Crippen molar-refractivity contribution in [1.29, 1.82) is 0 Å². The van der Waals surface area contributed by atoms with E-state index < -0.39 is 17.4 Å². The molecule has 21 heavy (non-hydrogen) atoms. The van der Waals surface area contributed by atoms with E-state index in [0.29, 0.717) is 12.8 Å². The molecule has 0 radical (unpaired) electrons. The number of aromatic carboxylic acids is 1. The molecule has 0 aromatic heterocycles. The number of anilines is 2. The Morgan fingerprint density at radius 2 is 1.90 bits per heavy atom. The summed E-state index contributed by atoms with van der Waals surface area (Å²) in [6.07, 6.45) is 5.47. The summed E-state index contributed by atoms with van der Waals surface area (Å²) in [5, 5.41) is 22.6. The van der Waals surface area contributed by atoms with Gasteiger partial charge in [0.25, 0.3) is 0 Å². The molecule has 116 valence electrons. The number of nitrogens with one attached hydrogen (secondary N) is 1. The standard InChI is InChI=1S/C15H21FN2O3/c16-10-5-6-11(12(13(10)17)14(19)20)18-9-15(21)7-3-1-2-4-8-15/h5-6,18,21H,1-4,7-9,17H2,(H,19,20). The second-order valence-electron chi connectivity index (χ2n) is 5.68. The van der Waals surface area contributed by atoms with Crippen LogP contribution in [0.1, 0.15) is 48.9 Å². The number of carboxylic acid groups (broad SMARTS) is 1. The Kier molecular flexibility index (Phi) is 4.67. The second-order valence-corrected chi connectivity index (χ2v) is 5.68. The van der Waals surface area contributed by atoms with E-state index in [-0.39, 0.29) is 23.5 Å². The van der Waals surface area contributed by atoms with Gasteiger partial charge >= 0.3 is 5.97 Å². The molecule has 1 aromatic carbocycles. The van der Waals surface area contributed by atoms with Crippen LogP contribution in [0.3, 0.4) is 0 Å². The highest BCUT2D eigenvalue weighted by Gasteiger charge is 2.28. The molecule has 5 N–H and O–H groups in total. The highest BCUT2D eigenvalue weighted by Crippen LogP contribution is 2.29. The number of rotatable bonds is 4. The summed E-state index contributed by atoms with van der Waals surface area (Å²) in [7, 11) is 0. The Labute approximate surface area is 123 Å². The zero-order valence-corrected chi connectivity index (χ0v) is 11.9. The van der Waals surface area contributed by atoms with Crippen LogP contribution in [0.25, 0.3) is 0 Å². The molecule has 0 spiro atoms. The number of nitrogens with two attached hydrogens (primary N) is 1. The summed E-state index contributed by atoms with van der Waals surface area (Å²) < 4.78 is 13.4. The van der Waals surface area contributed by atoms with Gasteiger partial charge in [0.2, 0.25) is 0 Å². The first kappa shape index (κ1) is 15.6. The third-order valence-electron chi connectivity index (χ3n) is 4.05. The lowest BCUT2D eigenvalue weighted by Crippen LogP contribution is -2.36. The monoisotopic (exact) mass is 296 g/mol. The van der Waals surface area contributed by atoms with Gasteiger partial charge in [0.15, 0.2) is 0 Å². The molecule has 0 bridgehead atoms. The van der Waals surface area contributed by atoms with Gasteiger partial charge in [-0.25, -0.2) is 9.18 Å². The van der Waals surface area contributed by atoms with E-state index in [1.807, 2.05) is 0 Å². The quantitative estimate of drug-likeness (QED) is 0.506. The number of hydrogen-bond donors (Lipinski definition) is 4. The van der Waals surface area contributed by atoms with Crippen molar-refractivity contribution >= 4 is 17.3 Å². The van der Waals surface area contributed by atoms with Crippen molar-refractivity contribution in [3.05, 3.63) is 23.5 Å². The summed E-state index contributed by atoms with van der Waals surface area (Å²) in [5.74, 6) is -2.05. The van der Waals surface area contributed by atoms with Gasteiger partial charge < -0.3 is 21.3 Å². The van der Waals surface area contributed by atoms with Gasteiger partial charge in [0.1, 0.15) is 11.4 Å². The lowest BCUT2D eigenvalue weighted by atomic mass is 9.94. The summed E-state index contributed by atoms with van der Waals surface area (Å²) in [6.45, 7) is 0.234. The van der Waals surface area contributed by atoms with E-state index in [9.17, 15) is 14.3 Å². The van der Waals surface area contributed by atoms with E-state index in [0.717, 1.165) is 31.7 Å². The third-order valence-corrected chi connectivity index (χ3v) is 4.05. The first-order valence-electron chi connectivity index (χ1n) is 7.20. The Hall–Kier alpha value is -1.82. The van der Waals surface area contributed by atoms with Gasteiger partial charge in [0.05, 0.1) is 17.0 Å². The maximum atomic E-state index is 13.4. The van der Waals surface area contributed by atoms with Crippen molar-refractivity contribution in [2.24, 2.45) is 0 Å². The minimum absolute atomic E-state index is 0.234. The van der Waals surface area contributed by atoms with Gasteiger partial charge in [-0.1, -0.05) is 25.7 Å². The average Bonchev–Trinajstić information content (AvgIpc) is 2.65. The Bertz CT molecular complexity index is 526. The van der Waals surface area contributed by atoms with Crippen LogP contribution in [-0.2, 0) is 0 Å². The molecule has 0 heterocycles. The molecule has 1 aliphatic carbocycles. The van der Waals surface area contributed by atoms with E-state index in [1.54, 1.807) is 0 Å². The normalized spacial score (nSPS) is 18.0. The third kappa shape index (κ3) is 3.64. The average molecular weight is 296 g/mol. The highest BCUT2D eigenvalue weighted by molar-refractivity contribution is 6.00. The van der Waals surface area contributed by atoms with E-state index in [2.05, 4.69) is 5.32 Å². The fraction of sp³-hybridized carbons (Fsp3) is 0.533. The maximum Gasteiger partial charge on any atom is 0.340 e. The number of carboxylic acids is 1. The van der Waals surface area contributed by atoms with Crippen molar-refractivity contribution in [2.75, 3.05) is 17.6 Å². The molecule has 2 rings (SSSR count). The van der Waals surface area contributed by atoms with Crippen LogP contribution in [-0.4, -0.2) is 28.3 Å². The van der Waals surface area contributed by atoms with Gasteiger partial charge in [0, 0.05) is 6.54 Å². The molecule has 1 saturated carbocycles. The first-order valence-corrected chi connectivity index (χ1v) is 7.20. The lowest BCUT2D eigenvalue weighted by molar-refractivity contribution is 0.0380. The molecule has 1 fully saturated rings. The van der Waals surface area contributed by atoms with E-state index in [1.165, 1.54) is 6.07 Å². The number of carbonyl (C=O) groups is 1. The van der Waals surface area contributed by atoms with Gasteiger partial charge in [-0.15, -0.1) is 0 Å². The number of nitrogen functional groups attached to an aromatic ring is 1. The maximum absolute atomic E-state index is 13.4. The topological polar surface area (TPSA) is 95.6 Å². The zero-order valence-electron chi connectivity index (χ0n) is 11.9. The first-order chi connectivity index (χ1) is 9.93. The fourth-order valence-corrected chi connectivity index (χ4v) is 2.80. The Balaban J connectivity index is 2.16. The predicted molar refractivity (Wildman–Crippen MR) is 78.9 cm³/mol. The molecular formula is C15H21FN2O3. The summed E-state index contributed by atoms with van der Waals surface area (Å²) in [4.78, 5) is 11.2. The van der Waals surface area contributed by atoms with Crippen molar-refractivity contribution in [1.82, 2.24) is 0 Å². The molecule has 1 aromatic rings. The zero-order chi connectivity index (χ0) is 15.5. The van der Waals surface area contributed by atoms with Crippen LogP contribution in [0.2, 0.25) is 0 Å². The van der Waals surface area contributed by atoms with E-state index >= 15 is 0 Å².